The lowest BCUT2D eigenvalue weighted by molar-refractivity contribution is -0.149. The van der Waals surface area contributed by atoms with Crippen LogP contribution in [0.5, 0.6) is 0 Å². The van der Waals surface area contributed by atoms with Gasteiger partial charge in [-0.2, -0.15) is 0 Å². The number of fused-ring (bicyclic) bond motifs is 1. The van der Waals surface area contributed by atoms with Crippen molar-refractivity contribution in [3.8, 4) is 0 Å². The van der Waals surface area contributed by atoms with Crippen molar-refractivity contribution >= 4 is 28.6 Å². The Kier molecular flexibility index (Phi) is 4.60. The van der Waals surface area contributed by atoms with Crippen molar-refractivity contribution in [1.82, 2.24) is 10.3 Å². The molecule has 1 aromatic heterocycles. The van der Waals surface area contributed by atoms with Gasteiger partial charge in [-0.25, -0.2) is 4.79 Å². The summed E-state index contributed by atoms with van der Waals surface area (Å²) >= 11 is 0. The Balaban J connectivity index is 2.09. The second-order valence-corrected chi connectivity index (χ2v) is 5.11. The molecule has 0 aliphatic rings. The third-order valence-corrected chi connectivity index (χ3v) is 3.29. The number of H-pyrrole nitrogens is 1. The molecule has 2 N–H and O–H groups in total. The van der Waals surface area contributed by atoms with E-state index in [1.807, 2.05) is 24.3 Å². The maximum Gasteiger partial charge on any atom is 0.329 e. The summed E-state index contributed by atoms with van der Waals surface area (Å²) in [5.41, 5.74) is 1.32. The van der Waals surface area contributed by atoms with Crippen molar-refractivity contribution < 1.29 is 19.1 Å². The molecular weight excluding hydrogens is 284 g/mol. The lowest BCUT2D eigenvalue weighted by Gasteiger charge is -2.16. The highest BCUT2D eigenvalue weighted by molar-refractivity contribution is 6.10. The Labute approximate surface area is 127 Å². The lowest BCUT2D eigenvalue weighted by Crippen LogP contribution is -2.40. The van der Waals surface area contributed by atoms with E-state index in [4.69, 9.17) is 4.74 Å². The molecule has 0 aliphatic carbocycles. The van der Waals surface area contributed by atoms with Crippen LogP contribution in [0.1, 0.15) is 31.1 Å². The predicted octanol–water partition coefficient (Wildman–Crippen LogP) is 1.81. The number of aromatic nitrogens is 1. The van der Waals surface area contributed by atoms with Crippen LogP contribution in [0, 0.1) is 0 Å². The SMILES string of the molecule is CC(=O)N[C@H](C)C(=O)O[C@H](C)C(=O)c1c[nH]c2ccccc12. The monoisotopic (exact) mass is 302 g/mol. The fourth-order valence-corrected chi connectivity index (χ4v) is 2.19. The van der Waals surface area contributed by atoms with E-state index >= 15 is 0 Å². The maximum absolute atomic E-state index is 12.4. The Hall–Kier alpha value is -2.63. The van der Waals surface area contributed by atoms with Gasteiger partial charge in [-0.05, 0) is 19.9 Å². The van der Waals surface area contributed by atoms with E-state index in [0.717, 1.165) is 10.9 Å². The quantitative estimate of drug-likeness (QED) is 0.651. The molecule has 0 radical (unpaired) electrons. The highest BCUT2D eigenvalue weighted by Gasteiger charge is 2.24. The summed E-state index contributed by atoms with van der Waals surface area (Å²) in [6, 6.07) is 6.60. The first-order valence-corrected chi connectivity index (χ1v) is 6.98. The summed E-state index contributed by atoms with van der Waals surface area (Å²) < 4.78 is 5.13. The minimum atomic E-state index is -0.928. The molecule has 1 amide bonds. The van der Waals surface area contributed by atoms with Gasteiger partial charge in [0.05, 0.1) is 0 Å². The molecule has 1 heterocycles. The largest absolute Gasteiger partial charge is 0.453 e. The van der Waals surface area contributed by atoms with Crippen LogP contribution in [-0.2, 0) is 14.3 Å². The first-order valence-electron chi connectivity index (χ1n) is 6.98. The highest BCUT2D eigenvalue weighted by atomic mass is 16.5. The molecule has 0 saturated carbocycles. The summed E-state index contributed by atoms with van der Waals surface area (Å²) in [4.78, 5) is 38.2. The van der Waals surface area contributed by atoms with Gasteiger partial charge in [0.15, 0.2) is 6.10 Å². The zero-order chi connectivity index (χ0) is 16.3. The van der Waals surface area contributed by atoms with E-state index in [1.54, 1.807) is 6.20 Å². The molecule has 0 unspecified atom stereocenters. The molecule has 2 aromatic rings. The summed E-state index contributed by atoms with van der Waals surface area (Å²) in [6.45, 7) is 4.33. The molecule has 2 atom stereocenters. The van der Waals surface area contributed by atoms with E-state index in [2.05, 4.69) is 10.3 Å². The van der Waals surface area contributed by atoms with Gasteiger partial charge in [-0.3, -0.25) is 9.59 Å². The van der Waals surface area contributed by atoms with Crippen molar-refractivity contribution in [2.24, 2.45) is 0 Å². The molecule has 6 nitrogen and oxygen atoms in total. The van der Waals surface area contributed by atoms with E-state index < -0.39 is 18.1 Å². The van der Waals surface area contributed by atoms with Crippen molar-refractivity contribution in [3.05, 3.63) is 36.0 Å². The number of ketones is 1. The number of benzene rings is 1. The van der Waals surface area contributed by atoms with E-state index in [1.165, 1.54) is 20.8 Å². The normalized spacial score (nSPS) is 13.4. The van der Waals surface area contributed by atoms with Gasteiger partial charge in [-0.1, -0.05) is 18.2 Å². The smallest absolute Gasteiger partial charge is 0.329 e. The molecule has 0 aliphatic heterocycles. The number of rotatable bonds is 5. The number of carbonyl (C=O) groups is 3. The lowest BCUT2D eigenvalue weighted by atomic mass is 10.1. The van der Waals surface area contributed by atoms with Crippen LogP contribution in [-0.4, -0.2) is 34.8 Å². The van der Waals surface area contributed by atoms with Gasteiger partial charge >= 0.3 is 5.97 Å². The summed E-state index contributed by atoms with van der Waals surface area (Å²) in [5.74, 6) is -1.27. The van der Waals surface area contributed by atoms with E-state index in [0.29, 0.717) is 5.56 Å². The third-order valence-electron chi connectivity index (χ3n) is 3.29. The Morgan fingerprint density at radius 1 is 1.18 bits per heavy atom. The van der Waals surface area contributed by atoms with Crippen molar-refractivity contribution in [1.29, 1.82) is 0 Å². The average Bonchev–Trinajstić information content (AvgIpc) is 2.89. The zero-order valence-corrected chi connectivity index (χ0v) is 12.7. The van der Waals surface area contributed by atoms with Gasteiger partial charge in [-0.15, -0.1) is 0 Å². The number of hydrogen-bond donors (Lipinski definition) is 2. The first kappa shape index (κ1) is 15.8. The van der Waals surface area contributed by atoms with Gasteiger partial charge < -0.3 is 15.0 Å². The number of nitrogens with one attached hydrogen (secondary N) is 2. The Bertz CT molecular complexity index is 720. The summed E-state index contributed by atoms with van der Waals surface area (Å²) in [5, 5.41) is 3.20. The molecule has 0 bridgehead atoms. The van der Waals surface area contributed by atoms with Crippen LogP contribution in [0.25, 0.3) is 10.9 Å². The van der Waals surface area contributed by atoms with Crippen molar-refractivity contribution in [2.45, 2.75) is 32.9 Å². The highest BCUT2D eigenvalue weighted by Crippen LogP contribution is 2.20. The van der Waals surface area contributed by atoms with E-state index in [-0.39, 0.29) is 11.7 Å². The van der Waals surface area contributed by atoms with Gasteiger partial charge in [0.1, 0.15) is 6.04 Å². The second kappa shape index (κ2) is 6.43. The number of para-hydroxylation sites is 1. The minimum absolute atomic E-state index is 0.291. The molecule has 0 fully saturated rings. The topological polar surface area (TPSA) is 88.3 Å². The number of hydrogen-bond acceptors (Lipinski definition) is 4. The number of carbonyl (C=O) groups excluding carboxylic acids is 3. The fraction of sp³-hybridized carbons (Fsp3) is 0.312. The maximum atomic E-state index is 12.4. The average molecular weight is 302 g/mol. The van der Waals surface area contributed by atoms with Gasteiger partial charge in [0.2, 0.25) is 11.7 Å². The Morgan fingerprint density at radius 3 is 2.55 bits per heavy atom. The van der Waals surface area contributed by atoms with Crippen LogP contribution in [0.2, 0.25) is 0 Å². The number of ether oxygens (including phenoxy) is 1. The van der Waals surface area contributed by atoms with Crippen LogP contribution < -0.4 is 5.32 Å². The summed E-state index contributed by atoms with van der Waals surface area (Å²) in [6.07, 6.45) is 0.678. The number of esters is 1. The molecule has 116 valence electrons. The fourth-order valence-electron chi connectivity index (χ4n) is 2.19. The van der Waals surface area contributed by atoms with Crippen LogP contribution in [0.15, 0.2) is 30.5 Å². The minimum Gasteiger partial charge on any atom is -0.453 e. The van der Waals surface area contributed by atoms with Crippen LogP contribution >= 0.6 is 0 Å². The first-order chi connectivity index (χ1) is 10.4. The second-order valence-electron chi connectivity index (χ2n) is 5.11. The standard InChI is InChI=1S/C16H18N2O4/c1-9(18-11(3)19)16(21)22-10(2)15(20)13-8-17-14-7-5-4-6-12(13)14/h4-10,17H,1-3H3,(H,18,19)/t9-,10-/m1/s1. The number of amides is 1. The molecule has 2 rings (SSSR count). The number of aromatic amines is 1. The molecule has 6 heteroatoms. The van der Waals surface area contributed by atoms with Crippen molar-refractivity contribution in [2.75, 3.05) is 0 Å². The molecule has 1 aromatic carbocycles. The predicted molar refractivity (Wildman–Crippen MR) is 81.5 cm³/mol. The molecular formula is C16H18N2O4. The molecule has 0 saturated heterocycles. The Morgan fingerprint density at radius 2 is 1.86 bits per heavy atom. The molecule has 22 heavy (non-hydrogen) atoms. The zero-order valence-electron chi connectivity index (χ0n) is 12.7. The van der Waals surface area contributed by atoms with E-state index in [9.17, 15) is 14.4 Å². The number of Topliss-reactive ketones (excluding diaryl/α,β-unsaturated/α-hetero) is 1. The van der Waals surface area contributed by atoms with Gasteiger partial charge in [0, 0.05) is 29.6 Å². The van der Waals surface area contributed by atoms with Crippen LogP contribution in [0.4, 0.5) is 0 Å². The summed E-state index contributed by atoms with van der Waals surface area (Å²) in [7, 11) is 0. The van der Waals surface area contributed by atoms with Crippen LogP contribution in [0.3, 0.4) is 0 Å². The van der Waals surface area contributed by atoms with Gasteiger partial charge in [0.25, 0.3) is 0 Å². The third kappa shape index (κ3) is 3.33. The van der Waals surface area contributed by atoms with Crippen molar-refractivity contribution in [3.63, 3.8) is 0 Å². The molecule has 0 spiro atoms.